The summed E-state index contributed by atoms with van der Waals surface area (Å²) in [6, 6.07) is 12.5. The number of thiophene rings is 2. The molecule has 4 rings (SSSR count). The van der Waals surface area contributed by atoms with Crippen molar-refractivity contribution in [3.05, 3.63) is 74.4 Å². The lowest BCUT2D eigenvalue weighted by atomic mass is 9.98. The minimum absolute atomic E-state index is 0.119. The van der Waals surface area contributed by atoms with E-state index in [1.807, 2.05) is 6.07 Å². The number of amides is 1. The van der Waals surface area contributed by atoms with Crippen molar-refractivity contribution in [3.8, 4) is 0 Å². The van der Waals surface area contributed by atoms with Crippen molar-refractivity contribution in [1.29, 1.82) is 0 Å². The summed E-state index contributed by atoms with van der Waals surface area (Å²) in [5, 5.41) is 7.00. The number of nitrogens with zero attached hydrogens (tertiary/aromatic N) is 1. The van der Waals surface area contributed by atoms with Crippen LogP contribution >= 0.6 is 22.7 Å². The topological polar surface area (TPSA) is 32.3 Å². The van der Waals surface area contributed by atoms with E-state index >= 15 is 0 Å². The van der Waals surface area contributed by atoms with Gasteiger partial charge < -0.3 is 5.32 Å². The van der Waals surface area contributed by atoms with Gasteiger partial charge >= 0.3 is 0 Å². The highest BCUT2D eigenvalue weighted by Crippen LogP contribution is 2.39. The van der Waals surface area contributed by atoms with Crippen LogP contribution < -0.4 is 5.32 Å². The predicted octanol–water partition coefficient (Wildman–Crippen LogP) is 4.53. The molecule has 1 aliphatic rings. The van der Waals surface area contributed by atoms with Crippen LogP contribution in [0.2, 0.25) is 0 Å². The summed E-state index contributed by atoms with van der Waals surface area (Å²) in [6.07, 6.45) is 0.960. The molecule has 0 unspecified atom stereocenters. The molecule has 3 aromatic rings. The highest BCUT2D eigenvalue weighted by atomic mass is 32.1. The quantitative estimate of drug-likeness (QED) is 0.729. The molecule has 0 bridgehead atoms. The summed E-state index contributed by atoms with van der Waals surface area (Å²) in [5.74, 6) is -0.471. The maximum Gasteiger partial charge on any atom is 0.238 e. The van der Waals surface area contributed by atoms with E-state index in [9.17, 15) is 9.18 Å². The van der Waals surface area contributed by atoms with Gasteiger partial charge in [-0.1, -0.05) is 12.1 Å². The van der Waals surface area contributed by atoms with Gasteiger partial charge in [-0.25, -0.2) is 4.39 Å². The maximum atomic E-state index is 13.3. The number of hydrogen-bond donors (Lipinski definition) is 1. The Kier molecular flexibility index (Phi) is 4.65. The largest absolute Gasteiger partial charge is 0.325 e. The molecule has 0 saturated carbocycles. The third-order valence-corrected chi connectivity index (χ3v) is 6.25. The van der Waals surface area contributed by atoms with E-state index in [0.29, 0.717) is 5.69 Å². The molecular weight excluding hydrogens is 355 g/mol. The second-order valence-electron chi connectivity index (χ2n) is 6.00. The molecule has 6 heteroatoms. The third-order valence-electron chi connectivity index (χ3n) is 4.33. The molecule has 0 fully saturated rings. The van der Waals surface area contributed by atoms with Gasteiger partial charge in [-0.05, 0) is 53.1 Å². The number of carbonyl (C=O) groups excluding carboxylic acids is 1. The number of hydrogen-bond acceptors (Lipinski definition) is 4. The Labute approximate surface area is 153 Å². The first-order chi connectivity index (χ1) is 12.2. The normalized spacial score (nSPS) is 17.2. The average molecular weight is 372 g/mol. The lowest BCUT2D eigenvalue weighted by Crippen LogP contribution is -2.40. The summed E-state index contributed by atoms with van der Waals surface area (Å²) >= 11 is 3.50. The van der Waals surface area contributed by atoms with Crippen molar-refractivity contribution in [1.82, 2.24) is 4.90 Å². The highest BCUT2D eigenvalue weighted by molar-refractivity contribution is 7.10. The van der Waals surface area contributed by atoms with E-state index in [0.717, 1.165) is 13.0 Å². The van der Waals surface area contributed by atoms with Gasteiger partial charge in [0.15, 0.2) is 0 Å². The van der Waals surface area contributed by atoms with E-state index in [1.165, 1.54) is 27.5 Å². The van der Waals surface area contributed by atoms with Gasteiger partial charge in [0, 0.05) is 22.0 Å². The fraction of sp³-hybridized carbons (Fsp3) is 0.211. The highest BCUT2D eigenvalue weighted by Gasteiger charge is 2.31. The Hall–Kier alpha value is -2.02. The SMILES string of the molecule is O=C(CN1CCc2sccc2[C@H]1c1cccs1)Nc1cccc(F)c1. The molecule has 1 amide bonds. The van der Waals surface area contributed by atoms with Crippen molar-refractivity contribution in [2.75, 3.05) is 18.4 Å². The average Bonchev–Trinajstić information content (AvgIpc) is 3.26. The number of fused-ring (bicyclic) bond motifs is 1. The van der Waals surface area contributed by atoms with Gasteiger partial charge in [0.2, 0.25) is 5.91 Å². The molecule has 128 valence electrons. The standard InChI is InChI=1S/C19H17FN2OS2/c20-13-3-1-4-14(11-13)21-18(23)12-22-8-6-16-15(7-10-25-16)19(22)17-5-2-9-24-17/h1-5,7,9-11,19H,6,8,12H2,(H,21,23)/t19-/m0/s1. The molecule has 0 aliphatic carbocycles. The van der Waals surface area contributed by atoms with Gasteiger partial charge in [0.25, 0.3) is 0 Å². The summed E-state index contributed by atoms with van der Waals surface area (Å²) in [4.78, 5) is 17.3. The third kappa shape index (κ3) is 3.51. The second-order valence-corrected chi connectivity index (χ2v) is 7.98. The number of halogens is 1. The van der Waals surface area contributed by atoms with E-state index < -0.39 is 0 Å². The summed E-state index contributed by atoms with van der Waals surface area (Å²) in [5.41, 5.74) is 1.79. The van der Waals surface area contributed by atoms with E-state index in [2.05, 4.69) is 33.1 Å². The van der Waals surface area contributed by atoms with Crippen molar-refractivity contribution < 1.29 is 9.18 Å². The number of carbonyl (C=O) groups is 1. The Balaban J connectivity index is 1.54. The first kappa shape index (κ1) is 16.4. The van der Waals surface area contributed by atoms with Crippen LogP contribution in [-0.4, -0.2) is 23.9 Å². The van der Waals surface area contributed by atoms with Crippen LogP contribution in [0.15, 0.2) is 53.2 Å². The van der Waals surface area contributed by atoms with Gasteiger partial charge in [0.05, 0.1) is 12.6 Å². The monoisotopic (exact) mass is 372 g/mol. The van der Waals surface area contributed by atoms with Crippen LogP contribution in [0.5, 0.6) is 0 Å². The summed E-state index contributed by atoms with van der Waals surface area (Å²) < 4.78 is 13.3. The Morgan fingerprint density at radius 3 is 2.92 bits per heavy atom. The zero-order valence-corrected chi connectivity index (χ0v) is 15.1. The second kappa shape index (κ2) is 7.07. The Morgan fingerprint density at radius 2 is 2.12 bits per heavy atom. The maximum absolute atomic E-state index is 13.3. The van der Waals surface area contributed by atoms with Crippen molar-refractivity contribution in [3.63, 3.8) is 0 Å². The van der Waals surface area contributed by atoms with Gasteiger partial charge in [-0.3, -0.25) is 9.69 Å². The number of nitrogens with one attached hydrogen (secondary N) is 1. The molecular formula is C19H17FN2OS2. The lowest BCUT2D eigenvalue weighted by molar-refractivity contribution is -0.117. The lowest BCUT2D eigenvalue weighted by Gasteiger charge is -2.34. The fourth-order valence-corrected chi connectivity index (χ4v) is 5.05. The Morgan fingerprint density at radius 1 is 1.20 bits per heavy atom. The fourth-order valence-electron chi connectivity index (χ4n) is 3.27. The van der Waals surface area contributed by atoms with Crippen LogP contribution in [0.1, 0.15) is 21.4 Å². The van der Waals surface area contributed by atoms with Gasteiger partial charge in [-0.15, -0.1) is 22.7 Å². The van der Waals surface area contributed by atoms with E-state index in [-0.39, 0.29) is 24.3 Å². The molecule has 1 atom stereocenters. The molecule has 3 heterocycles. The zero-order chi connectivity index (χ0) is 17.2. The van der Waals surface area contributed by atoms with Gasteiger partial charge in [0.1, 0.15) is 5.82 Å². The molecule has 0 saturated heterocycles. The number of rotatable bonds is 4. The minimum atomic E-state index is -0.352. The molecule has 1 N–H and O–H groups in total. The molecule has 2 aromatic heterocycles. The summed E-state index contributed by atoms with van der Waals surface area (Å²) in [7, 11) is 0. The van der Waals surface area contributed by atoms with E-state index in [4.69, 9.17) is 0 Å². The Bertz CT molecular complexity index is 875. The van der Waals surface area contributed by atoms with Crippen LogP contribution in [0.4, 0.5) is 10.1 Å². The molecule has 1 aliphatic heterocycles. The van der Waals surface area contributed by atoms with Crippen LogP contribution in [0.25, 0.3) is 0 Å². The molecule has 0 radical (unpaired) electrons. The molecule has 25 heavy (non-hydrogen) atoms. The number of anilines is 1. The summed E-state index contributed by atoms with van der Waals surface area (Å²) in [6.45, 7) is 1.13. The van der Waals surface area contributed by atoms with Crippen molar-refractivity contribution >= 4 is 34.3 Å². The smallest absolute Gasteiger partial charge is 0.238 e. The van der Waals surface area contributed by atoms with Gasteiger partial charge in [-0.2, -0.15) is 0 Å². The van der Waals surface area contributed by atoms with Crippen LogP contribution in [0, 0.1) is 5.82 Å². The first-order valence-electron chi connectivity index (χ1n) is 8.10. The first-order valence-corrected chi connectivity index (χ1v) is 9.86. The van der Waals surface area contributed by atoms with E-state index in [1.54, 1.807) is 34.8 Å². The zero-order valence-electron chi connectivity index (χ0n) is 13.4. The molecule has 1 aromatic carbocycles. The van der Waals surface area contributed by atoms with Crippen molar-refractivity contribution in [2.45, 2.75) is 12.5 Å². The van der Waals surface area contributed by atoms with Crippen LogP contribution in [-0.2, 0) is 11.2 Å². The number of benzene rings is 1. The molecule has 3 nitrogen and oxygen atoms in total. The van der Waals surface area contributed by atoms with Crippen LogP contribution in [0.3, 0.4) is 0 Å². The molecule has 0 spiro atoms. The minimum Gasteiger partial charge on any atom is -0.325 e. The van der Waals surface area contributed by atoms with Crippen molar-refractivity contribution in [2.24, 2.45) is 0 Å². The predicted molar refractivity (Wildman–Crippen MR) is 101 cm³/mol.